The summed E-state index contributed by atoms with van der Waals surface area (Å²) in [5, 5.41) is 0. The lowest BCUT2D eigenvalue weighted by atomic mass is 9.89. The quantitative estimate of drug-likeness (QED) is 0.691. The molecule has 0 bridgehead atoms. The lowest BCUT2D eigenvalue weighted by Crippen LogP contribution is -2.40. The van der Waals surface area contributed by atoms with Crippen molar-refractivity contribution in [2.45, 2.75) is 46.2 Å². The van der Waals surface area contributed by atoms with Gasteiger partial charge in [-0.05, 0) is 34.1 Å². The van der Waals surface area contributed by atoms with Crippen LogP contribution in [0.1, 0.15) is 34.1 Å². The number of nitrogens with zero attached hydrogens (tertiary/aromatic N) is 2. The number of carbonyl (C=O) groups is 4. The van der Waals surface area contributed by atoms with Crippen LogP contribution in [0.3, 0.4) is 0 Å². The fraction of sp³-hybridized carbons (Fsp3) is 0.733. The number of rotatable bonds is 2. The zero-order chi connectivity index (χ0) is 15.6. The van der Waals surface area contributed by atoms with Crippen molar-refractivity contribution in [1.29, 1.82) is 0 Å². The largest absolute Gasteiger partial charge is 0.280 e. The Kier molecular flexibility index (Phi) is 2.97. The molecular weight excluding hydrogens is 272 g/mol. The molecule has 0 aromatic heterocycles. The average molecular weight is 292 g/mol. The van der Waals surface area contributed by atoms with E-state index in [2.05, 4.69) is 0 Å². The zero-order valence-corrected chi connectivity index (χ0v) is 12.7. The van der Waals surface area contributed by atoms with Crippen molar-refractivity contribution in [3.63, 3.8) is 0 Å². The predicted octanol–water partition coefficient (Wildman–Crippen LogP) is 0.409. The standard InChI is InChI=1S/C15H20N2O4/c1-6(2)16-12(18)8-5-9-11(10(8)14(16)20)15(21)17(7(3)4)13(9)19/h6-11H,5H2,1-4H3. The van der Waals surface area contributed by atoms with Crippen molar-refractivity contribution in [2.24, 2.45) is 23.7 Å². The van der Waals surface area contributed by atoms with Gasteiger partial charge in [0.25, 0.3) is 0 Å². The molecule has 1 aliphatic carbocycles. The van der Waals surface area contributed by atoms with Crippen LogP contribution in [0.25, 0.3) is 0 Å². The monoisotopic (exact) mass is 292 g/mol. The third kappa shape index (κ3) is 1.64. The van der Waals surface area contributed by atoms with Crippen LogP contribution in [0, 0.1) is 23.7 Å². The first-order chi connectivity index (χ1) is 9.77. The molecule has 0 aromatic rings. The van der Waals surface area contributed by atoms with Gasteiger partial charge in [-0.1, -0.05) is 0 Å². The van der Waals surface area contributed by atoms with Crippen molar-refractivity contribution in [3.05, 3.63) is 0 Å². The van der Waals surface area contributed by atoms with Crippen LogP contribution in [-0.2, 0) is 19.2 Å². The fourth-order valence-electron chi connectivity index (χ4n) is 4.14. The van der Waals surface area contributed by atoms with E-state index < -0.39 is 23.7 Å². The van der Waals surface area contributed by atoms with E-state index in [0.29, 0.717) is 6.42 Å². The molecule has 114 valence electrons. The third-order valence-corrected chi connectivity index (χ3v) is 4.95. The SMILES string of the molecule is CC(C)N1C(=O)C2CC3C(=O)N(C(C)C)C(=O)C3C2C1=O. The van der Waals surface area contributed by atoms with Gasteiger partial charge in [-0.25, -0.2) is 0 Å². The molecule has 3 fully saturated rings. The molecule has 4 atom stereocenters. The highest BCUT2D eigenvalue weighted by Crippen LogP contribution is 2.52. The fourth-order valence-corrected chi connectivity index (χ4v) is 4.14. The van der Waals surface area contributed by atoms with Gasteiger partial charge < -0.3 is 0 Å². The van der Waals surface area contributed by atoms with Gasteiger partial charge in [0.2, 0.25) is 23.6 Å². The molecule has 1 saturated carbocycles. The van der Waals surface area contributed by atoms with Crippen LogP contribution in [-0.4, -0.2) is 45.5 Å². The Hall–Kier alpha value is -1.72. The summed E-state index contributed by atoms with van der Waals surface area (Å²) in [6, 6.07) is -0.412. The number of carbonyl (C=O) groups excluding carboxylic acids is 4. The van der Waals surface area contributed by atoms with Crippen molar-refractivity contribution in [1.82, 2.24) is 9.80 Å². The van der Waals surface area contributed by atoms with Gasteiger partial charge in [-0.2, -0.15) is 0 Å². The molecule has 4 amide bonds. The van der Waals surface area contributed by atoms with Crippen LogP contribution in [0.5, 0.6) is 0 Å². The van der Waals surface area contributed by atoms with Crippen LogP contribution in [0.15, 0.2) is 0 Å². The van der Waals surface area contributed by atoms with E-state index >= 15 is 0 Å². The Bertz CT molecular complexity index is 506. The van der Waals surface area contributed by atoms with Gasteiger partial charge in [-0.15, -0.1) is 0 Å². The summed E-state index contributed by atoms with van der Waals surface area (Å²) in [6.07, 6.45) is 0.330. The Balaban J connectivity index is 1.97. The molecule has 6 heteroatoms. The number of amides is 4. The summed E-state index contributed by atoms with van der Waals surface area (Å²) < 4.78 is 0. The first-order valence-corrected chi connectivity index (χ1v) is 7.51. The van der Waals surface area contributed by atoms with E-state index in [0.717, 1.165) is 0 Å². The van der Waals surface area contributed by atoms with Gasteiger partial charge in [0.05, 0.1) is 23.7 Å². The molecular formula is C15H20N2O4. The maximum atomic E-state index is 12.5. The first-order valence-electron chi connectivity index (χ1n) is 7.51. The minimum Gasteiger partial charge on any atom is -0.280 e. The van der Waals surface area contributed by atoms with E-state index in [-0.39, 0.29) is 35.7 Å². The molecule has 0 radical (unpaired) electrons. The lowest BCUT2D eigenvalue weighted by molar-refractivity contribution is -0.146. The van der Waals surface area contributed by atoms with E-state index in [1.807, 2.05) is 0 Å². The number of likely N-dealkylation sites (tertiary alicyclic amines) is 2. The minimum absolute atomic E-state index is 0.206. The molecule has 2 heterocycles. The molecule has 3 rings (SSSR count). The van der Waals surface area contributed by atoms with Gasteiger partial charge in [0.1, 0.15) is 0 Å². The second-order valence-corrected chi connectivity index (χ2v) is 6.78. The molecule has 4 unspecified atom stereocenters. The molecule has 3 aliphatic rings. The van der Waals surface area contributed by atoms with Crippen molar-refractivity contribution < 1.29 is 19.2 Å². The summed E-state index contributed by atoms with van der Waals surface area (Å²) in [5.74, 6) is -3.24. The van der Waals surface area contributed by atoms with Crippen LogP contribution >= 0.6 is 0 Å². The maximum absolute atomic E-state index is 12.5. The minimum atomic E-state index is -0.634. The van der Waals surface area contributed by atoms with E-state index in [1.165, 1.54) is 9.80 Å². The second kappa shape index (κ2) is 4.39. The van der Waals surface area contributed by atoms with Gasteiger partial charge in [0.15, 0.2) is 0 Å². The average Bonchev–Trinajstić information content (AvgIpc) is 2.93. The summed E-state index contributed by atoms with van der Waals surface area (Å²) >= 11 is 0. The van der Waals surface area contributed by atoms with Crippen molar-refractivity contribution in [3.8, 4) is 0 Å². The molecule has 21 heavy (non-hydrogen) atoms. The molecule has 0 spiro atoms. The summed E-state index contributed by atoms with van der Waals surface area (Å²) in [7, 11) is 0. The predicted molar refractivity (Wildman–Crippen MR) is 72.6 cm³/mol. The summed E-state index contributed by atoms with van der Waals surface area (Å²) in [4.78, 5) is 52.3. The van der Waals surface area contributed by atoms with Crippen LogP contribution in [0.4, 0.5) is 0 Å². The highest BCUT2D eigenvalue weighted by atomic mass is 16.2. The Morgan fingerprint density at radius 2 is 1.05 bits per heavy atom. The zero-order valence-electron chi connectivity index (χ0n) is 12.7. The normalized spacial score (nSPS) is 35.5. The highest BCUT2D eigenvalue weighted by Gasteiger charge is 2.66. The smallest absolute Gasteiger partial charge is 0.234 e. The topological polar surface area (TPSA) is 74.8 Å². The molecule has 2 saturated heterocycles. The molecule has 0 N–H and O–H groups in total. The van der Waals surface area contributed by atoms with E-state index in [1.54, 1.807) is 27.7 Å². The van der Waals surface area contributed by atoms with Crippen molar-refractivity contribution >= 4 is 23.6 Å². The number of hydrogen-bond acceptors (Lipinski definition) is 4. The third-order valence-electron chi connectivity index (χ3n) is 4.95. The molecule has 6 nitrogen and oxygen atoms in total. The first kappa shape index (κ1) is 14.2. The van der Waals surface area contributed by atoms with Crippen LogP contribution in [0.2, 0.25) is 0 Å². The van der Waals surface area contributed by atoms with E-state index in [4.69, 9.17) is 0 Å². The number of imide groups is 2. The lowest BCUT2D eigenvalue weighted by Gasteiger charge is -2.21. The van der Waals surface area contributed by atoms with Gasteiger partial charge in [0, 0.05) is 12.1 Å². The maximum Gasteiger partial charge on any atom is 0.234 e. The number of hydrogen-bond donors (Lipinski definition) is 0. The Morgan fingerprint density at radius 3 is 1.33 bits per heavy atom. The number of fused-ring (bicyclic) bond motifs is 3. The summed E-state index contributed by atoms with van der Waals surface area (Å²) in [5.41, 5.74) is 0. The van der Waals surface area contributed by atoms with Crippen LogP contribution < -0.4 is 0 Å². The Labute approximate surface area is 123 Å². The molecule has 2 aliphatic heterocycles. The van der Waals surface area contributed by atoms with Gasteiger partial charge >= 0.3 is 0 Å². The second-order valence-electron chi connectivity index (χ2n) is 6.78. The van der Waals surface area contributed by atoms with E-state index in [9.17, 15) is 19.2 Å². The molecule has 0 aromatic carbocycles. The summed E-state index contributed by atoms with van der Waals surface area (Å²) in [6.45, 7) is 7.15. The van der Waals surface area contributed by atoms with Gasteiger partial charge in [-0.3, -0.25) is 29.0 Å². The highest BCUT2D eigenvalue weighted by molar-refractivity contribution is 6.13. The van der Waals surface area contributed by atoms with Crippen molar-refractivity contribution in [2.75, 3.05) is 0 Å². The Morgan fingerprint density at radius 1 is 0.714 bits per heavy atom.